The number of hydrogen-bond donors (Lipinski definition) is 0. The second kappa shape index (κ2) is 16.2. The van der Waals surface area contributed by atoms with Crippen LogP contribution < -0.4 is 4.74 Å². The van der Waals surface area contributed by atoms with Gasteiger partial charge in [0.25, 0.3) is 0 Å². The smallest absolute Gasteiger partial charge is 0.311 e. The molecule has 47 heavy (non-hydrogen) atoms. The first-order chi connectivity index (χ1) is 22.5. The molecule has 0 saturated carbocycles. The van der Waals surface area contributed by atoms with Crippen LogP contribution in [0.25, 0.3) is 0 Å². The Balaban J connectivity index is 1.67. The minimum absolute atomic E-state index is 0.107. The average molecular weight is 658 g/mol. The molecule has 0 unspecified atom stereocenters. The Bertz CT molecular complexity index is 1680. The van der Waals surface area contributed by atoms with Gasteiger partial charge in [-0.1, -0.05) is 97.4 Å². The van der Waals surface area contributed by atoms with Crippen LogP contribution in [0.1, 0.15) is 66.7 Å². The molecule has 4 atom stereocenters. The van der Waals surface area contributed by atoms with E-state index < -0.39 is 40.2 Å². The van der Waals surface area contributed by atoms with Gasteiger partial charge >= 0.3 is 5.97 Å². The fourth-order valence-corrected chi connectivity index (χ4v) is 8.10. The molecule has 0 aliphatic heterocycles. The van der Waals surface area contributed by atoms with Crippen molar-refractivity contribution < 1.29 is 27.4 Å². The Morgan fingerprint density at radius 2 is 1.38 bits per heavy atom. The lowest BCUT2D eigenvalue weighted by Crippen LogP contribution is -2.44. The Hall–Kier alpha value is -3.98. The number of sulfonamides is 1. The van der Waals surface area contributed by atoms with Crippen LogP contribution in [0.3, 0.4) is 0 Å². The van der Waals surface area contributed by atoms with E-state index in [1.807, 2.05) is 132 Å². The molecule has 0 radical (unpaired) electrons. The van der Waals surface area contributed by atoms with Gasteiger partial charge in [-0.15, -0.1) is 0 Å². The zero-order valence-electron chi connectivity index (χ0n) is 28.5. The fourth-order valence-electron chi connectivity index (χ4n) is 6.07. The van der Waals surface area contributed by atoms with E-state index >= 15 is 0 Å². The van der Waals surface area contributed by atoms with Crippen molar-refractivity contribution in [3.05, 3.63) is 130 Å². The summed E-state index contributed by atoms with van der Waals surface area (Å²) in [6, 6.07) is 29.5. The molecule has 4 aromatic rings. The predicted molar refractivity (Wildman–Crippen MR) is 186 cm³/mol. The van der Waals surface area contributed by atoms with Crippen molar-refractivity contribution in [3.63, 3.8) is 0 Å². The standard InChI is InChI=1S/C39H47NO6S/c1-8-36(45-26-33-19-21-35(44-7)22-20-33)30(5)39(41)46-37(34-17-13-10-14-18-34)31(6)40(25-32-15-11-9-12-16-32)47(42,43)38-28(3)23-27(2)24-29(38)4/h9-24,30-31,36-37H,8,25-26H2,1-7H3/t30-,31+,36-,37+/m1/s1. The van der Waals surface area contributed by atoms with Crippen LogP contribution in [0, 0.1) is 26.7 Å². The maximum absolute atomic E-state index is 14.7. The summed E-state index contributed by atoms with van der Waals surface area (Å²) in [6.45, 7) is 11.6. The third-order valence-corrected chi connectivity index (χ3v) is 10.8. The number of methoxy groups -OCH3 is 1. The Morgan fingerprint density at radius 1 is 0.809 bits per heavy atom. The first-order valence-corrected chi connectivity index (χ1v) is 17.5. The molecule has 7 nitrogen and oxygen atoms in total. The van der Waals surface area contributed by atoms with Gasteiger partial charge in [-0.05, 0) is 81.0 Å². The van der Waals surface area contributed by atoms with Crippen molar-refractivity contribution in [1.29, 1.82) is 0 Å². The molecule has 0 aliphatic rings. The van der Waals surface area contributed by atoms with Gasteiger partial charge < -0.3 is 14.2 Å². The number of benzene rings is 4. The average Bonchev–Trinajstić information content (AvgIpc) is 3.06. The number of nitrogens with zero attached hydrogens (tertiary/aromatic N) is 1. The molecule has 4 rings (SSSR count). The molecule has 8 heteroatoms. The molecule has 0 aromatic heterocycles. The minimum Gasteiger partial charge on any atom is -0.497 e. The largest absolute Gasteiger partial charge is 0.497 e. The monoisotopic (exact) mass is 657 g/mol. The third kappa shape index (κ3) is 8.89. The highest BCUT2D eigenvalue weighted by Crippen LogP contribution is 2.34. The molecule has 0 fully saturated rings. The van der Waals surface area contributed by atoms with E-state index in [0.717, 1.165) is 22.4 Å². The summed E-state index contributed by atoms with van der Waals surface area (Å²) in [7, 11) is -2.42. The van der Waals surface area contributed by atoms with Crippen LogP contribution in [0.4, 0.5) is 0 Å². The van der Waals surface area contributed by atoms with E-state index in [1.165, 1.54) is 4.31 Å². The Labute approximate surface area is 280 Å². The zero-order chi connectivity index (χ0) is 34.1. The summed E-state index contributed by atoms with van der Waals surface area (Å²) in [5, 5.41) is 0. The third-order valence-electron chi connectivity index (χ3n) is 8.57. The van der Waals surface area contributed by atoms with Gasteiger partial charge in [0.1, 0.15) is 11.9 Å². The summed E-state index contributed by atoms with van der Waals surface area (Å²) >= 11 is 0. The number of aryl methyl sites for hydroxylation is 3. The molecule has 0 spiro atoms. The summed E-state index contributed by atoms with van der Waals surface area (Å²) < 4.78 is 48.6. The quantitative estimate of drug-likeness (QED) is 0.120. The molecule has 0 N–H and O–H groups in total. The Kier molecular flexibility index (Phi) is 12.4. The van der Waals surface area contributed by atoms with E-state index in [-0.39, 0.29) is 11.4 Å². The topological polar surface area (TPSA) is 82.1 Å². The molecule has 0 aliphatic carbocycles. The Morgan fingerprint density at radius 3 is 1.94 bits per heavy atom. The summed E-state index contributed by atoms with van der Waals surface area (Å²) in [6.07, 6.45) is -0.688. The lowest BCUT2D eigenvalue weighted by Gasteiger charge is -2.35. The van der Waals surface area contributed by atoms with Crippen molar-refractivity contribution in [3.8, 4) is 5.75 Å². The van der Waals surface area contributed by atoms with Gasteiger partial charge in [-0.3, -0.25) is 4.79 Å². The van der Waals surface area contributed by atoms with E-state index in [9.17, 15) is 13.2 Å². The first-order valence-electron chi connectivity index (χ1n) is 16.1. The van der Waals surface area contributed by atoms with E-state index in [4.69, 9.17) is 14.2 Å². The summed E-state index contributed by atoms with van der Waals surface area (Å²) in [5.74, 6) is -0.292. The highest BCUT2D eigenvalue weighted by Gasteiger charge is 2.39. The molecule has 0 heterocycles. The first kappa shape index (κ1) is 35.9. The van der Waals surface area contributed by atoms with Crippen LogP contribution in [0.2, 0.25) is 0 Å². The predicted octanol–water partition coefficient (Wildman–Crippen LogP) is 8.12. The second-order valence-corrected chi connectivity index (χ2v) is 14.0. The number of ether oxygens (including phenoxy) is 3. The lowest BCUT2D eigenvalue weighted by atomic mass is 10.0. The van der Waals surface area contributed by atoms with Gasteiger partial charge in [0, 0.05) is 6.54 Å². The number of carbonyl (C=O) groups is 1. The maximum atomic E-state index is 14.7. The van der Waals surface area contributed by atoms with E-state index in [1.54, 1.807) is 14.0 Å². The number of hydrogen-bond acceptors (Lipinski definition) is 6. The second-order valence-electron chi connectivity index (χ2n) is 12.2. The van der Waals surface area contributed by atoms with E-state index in [2.05, 4.69) is 0 Å². The summed E-state index contributed by atoms with van der Waals surface area (Å²) in [4.78, 5) is 14.2. The highest BCUT2D eigenvalue weighted by molar-refractivity contribution is 7.89. The molecular weight excluding hydrogens is 610 g/mol. The van der Waals surface area contributed by atoms with Crippen molar-refractivity contribution in [2.75, 3.05) is 7.11 Å². The summed E-state index contributed by atoms with van der Waals surface area (Å²) in [5.41, 5.74) is 4.84. The molecule has 250 valence electrons. The molecular formula is C39H47NO6S. The van der Waals surface area contributed by atoms with Gasteiger partial charge in [0.2, 0.25) is 10.0 Å². The van der Waals surface area contributed by atoms with Gasteiger partial charge in [0.15, 0.2) is 0 Å². The van der Waals surface area contributed by atoms with Crippen LogP contribution in [-0.4, -0.2) is 37.9 Å². The molecule has 4 aromatic carbocycles. The SMILES string of the molecule is CC[C@@H](OCc1ccc(OC)cc1)[C@@H](C)C(=O)O[C@H](c1ccccc1)[C@H](C)N(Cc1ccccc1)S(=O)(=O)c1c(C)cc(C)cc1C. The number of esters is 1. The number of carbonyl (C=O) groups excluding carboxylic acids is 1. The maximum Gasteiger partial charge on any atom is 0.311 e. The molecule has 0 bridgehead atoms. The zero-order valence-corrected chi connectivity index (χ0v) is 29.3. The minimum atomic E-state index is -4.04. The van der Waals surface area contributed by atoms with Crippen LogP contribution in [0.15, 0.2) is 102 Å². The van der Waals surface area contributed by atoms with Crippen molar-refractivity contribution in [1.82, 2.24) is 4.31 Å². The lowest BCUT2D eigenvalue weighted by molar-refractivity contribution is -0.162. The van der Waals surface area contributed by atoms with Crippen molar-refractivity contribution in [2.24, 2.45) is 5.92 Å². The van der Waals surface area contributed by atoms with Crippen molar-refractivity contribution in [2.45, 2.75) is 84.3 Å². The normalized spacial score (nSPS) is 14.3. The molecule has 0 saturated heterocycles. The highest BCUT2D eigenvalue weighted by atomic mass is 32.2. The van der Waals surface area contributed by atoms with E-state index in [0.29, 0.717) is 29.7 Å². The van der Waals surface area contributed by atoms with Crippen LogP contribution in [-0.2, 0) is 37.4 Å². The van der Waals surface area contributed by atoms with Crippen LogP contribution >= 0.6 is 0 Å². The van der Waals surface area contributed by atoms with Gasteiger partial charge in [0.05, 0.1) is 36.7 Å². The van der Waals surface area contributed by atoms with Crippen molar-refractivity contribution >= 4 is 16.0 Å². The fraction of sp³-hybridized carbons (Fsp3) is 0.359. The van der Waals surface area contributed by atoms with Crippen LogP contribution in [0.5, 0.6) is 5.75 Å². The molecule has 0 amide bonds. The van der Waals surface area contributed by atoms with Gasteiger partial charge in [-0.25, -0.2) is 8.42 Å². The number of rotatable bonds is 15. The van der Waals surface area contributed by atoms with Gasteiger partial charge in [-0.2, -0.15) is 4.31 Å².